The number of benzene rings is 1. The van der Waals surface area contributed by atoms with Crippen molar-refractivity contribution in [3.8, 4) is 0 Å². The molecular weight excluding hydrogens is 370 g/mol. The Balaban J connectivity index is 0.000000289. The summed E-state index contributed by atoms with van der Waals surface area (Å²) in [5.41, 5.74) is 9.98. The summed E-state index contributed by atoms with van der Waals surface area (Å²) >= 11 is 0.0671. The van der Waals surface area contributed by atoms with Gasteiger partial charge in [-0.05, 0) is 19.1 Å². The number of primary amides is 1. The van der Waals surface area contributed by atoms with Crippen molar-refractivity contribution in [1.29, 1.82) is 0 Å². The SMILES string of the molecule is CC(NNC(N)=O)c1ncccc1C(=O)O.O=[S+]c1cc(F)cc(F)c1. The number of hydrogen-bond donors (Lipinski definition) is 4. The van der Waals surface area contributed by atoms with Crippen LogP contribution in [0.3, 0.4) is 0 Å². The monoisotopic (exact) mass is 385 g/mol. The van der Waals surface area contributed by atoms with Gasteiger partial charge in [-0.3, -0.25) is 10.4 Å². The van der Waals surface area contributed by atoms with Crippen LogP contribution in [-0.4, -0.2) is 22.1 Å². The van der Waals surface area contributed by atoms with E-state index in [4.69, 9.17) is 10.8 Å². The molecule has 1 atom stereocenters. The lowest BCUT2D eigenvalue weighted by atomic mass is 10.1. The molecule has 0 aliphatic carbocycles. The summed E-state index contributed by atoms with van der Waals surface area (Å²) < 4.78 is 34.5. The number of nitrogens with two attached hydrogens (primary N) is 1. The molecule has 11 heteroatoms. The fourth-order valence-corrected chi connectivity index (χ4v) is 2.09. The van der Waals surface area contributed by atoms with Gasteiger partial charge in [0, 0.05) is 28.6 Å². The first-order valence-corrected chi connectivity index (χ1v) is 7.73. The molecule has 1 unspecified atom stereocenters. The molecule has 0 spiro atoms. The predicted octanol–water partition coefficient (Wildman–Crippen LogP) is 1.77. The highest BCUT2D eigenvalue weighted by Gasteiger charge is 2.16. The van der Waals surface area contributed by atoms with Crippen molar-refractivity contribution >= 4 is 23.7 Å². The number of pyridine rings is 1. The number of rotatable bonds is 5. The highest BCUT2D eigenvalue weighted by atomic mass is 32.1. The minimum absolute atomic E-state index is 0.0532. The van der Waals surface area contributed by atoms with Crippen LogP contribution in [0.4, 0.5) is 13.6 Å². The number of carboxylic acids is 1. The number of hydrogen-bond acceptors (Lipinski definition) is 5. The van der Waals surface area contributed by atoms with E-state index in [9.17, 15) is 22.6 Å². The molecule has 1 heterocycles. The van der Waals surface area contributed by atoms with Crippen LogP contribution in [0.25, 0.3) is 0 Å². The molecule has 1 aromatic carbocycles. The number of halogens is 2. The van der Waals surface area contributed by atoms with E-state index in [0.717, 1.165) is 18.2 Å². The van der Waals surface area contributed by atoms with Gasteiger partial charge in [0.1, 0.15) is 11.6 Å². The number of amides is 2. The smallest absolute Gasteiger partial charge is 0.478 e. The van der Waals surface area contributed by atoms with Crippen LogP contribution in [0.1, 0.15) is 29.0 Å². The molecule has 0 saturated heterocycles. The van der Waals surface area contributed by atoms with Crippen LogP contribution in [0.5, 0.6) is 0 Å². The molecule has 26 heavy (non-hydrogen) atoms. The average Bonchev–Trinajstić information content (AvgIpc) is 2.59. The lowest BCUT2D eigenvalue weighted by Gasteiger charge is -2.14. The molecule has 0 saturated carbocycles. The van der Waals surface area contributed by atoms with E-state index in [-0.39, 0.29) is 22.1 Å². The van der Waals surface area contributed by atoms with Gasteiger partial charge in [-0.15, -0.1) is 0 Å². The quantitative estimate of drug-likeness (QED) is 0.458. The molecule has 5 N–H and O–H groups in total. The van der Waals surface area contributed by atoms with E-state index in [1.165, 1.54) is 18.3 Å². The summed E-state index contributed by atoms with van der Waals surface area (Å²) in [5.74, 6) is -2.52. The topological polar surface area (TPSA) is 134 Å². The van der Waals surface area contributed by atoms with E-state index < -0.39 is 29.7 Å². The highest BCUT2D eigenvalue weighted by Crippen LogP contribution is 2.13. The Hall–Kier alpha value is -3.05. The Kier molecular flexibility index (Phi) is 8.12. The predicted molar refractivity (Wildman–Crippen MR) is 88.1 cm³/mol. The molecule has 0 aliphatic rings. The van der Waals surface area contributed by atoms with Gasteiger partial charge in [0.2, 0.25) is 0 Å². The molecule has 0 fully saturated rings. The lowest BCUT2D eigenvalue weighted by Crippen LogP contribution is -2.42. The van der Waals surface area contributed by atoms with Gasteiger partial charge >= 0.3 is 23.7 Å². The summed E-state index contributed by atoms with van der Waals surface area (Å²) in [5, 5.41) is 8.91. The first kappa shape index (κ1) is 21.0. The number of aromatic nitrogens is 1. The van der Waals surface area contributed by atoms with E-state index in [1.807, 2.05) is 0 Å². The second-order valence-corrected chi connectivity index (χ2v) is 5.42. The molecule has 2 amide bonds. The number of carbonyl (C=O) groups is 2. The van der Waals surface area contributed by atoms with Gasteiger partial charge < -0.3 is 10.8 Å². The third-order valence-electron chi connectivity index (χ3n) is 2.82. The average molecular weight is 385 g/mol. The zero-order chi connectivity index (χ0) is 19.7. The van der Waals surface area contributed by atoms with Crippen LogP contribution < -0.4 is 16.6 Å². The second-order valence-electron chi connectivity index (χ2n) is 4.79. The highest BCUT2D eigenvalue weighted by molar-refractivity contribution is 7.65. The van der Waals surface area contributed by atoms with Crippen LogP contribution in [0.15, 0.2) is 41.4 Å². The molecule has 0 bridgehead atoms. The Labute approximate surface area is 150 Å². The van der Waals surface area contributed by atoms with Gasteiger partial charge in [0.05, 0.1) is 17.3 Å². The van der Waals surface area contributed by atoms with E-state index >= 15 is 0 Å². The van der Waals surface area contributed by atoms with Crippen molar-refractivity contribution in [3.63, 3.8) is 0 Å². The van der Waals surface area contributed by atoms with Crippen LogP contribution in [-0.2, 0) is 15.9 Å². The fraction of sp³-hybridized carbons (Fsp3) is 0.133. The van der Waals surface area contributed by atoms with Gasteiger partial charge in [0.25, 0.3) is 4.90 Å². The number of aromatic carboxylic acids is 1. The maximum atomic E-state index is 12.2. The number of urea groups is 1. The number of carboxylic acid groups (broad SMARTS) is 1. The minimum Gasteiger partial charge on any atom is -0.478 e. The first-order valence-electron chi connectivity index (χ1n) is 6.99. The summed E-state index contributed by atoms with van der Waals surface area (Å²) in [4.78, 5) is 25.3. The zero-order valence-corrected chi connectivity index (χ0v) is 14.2. The Morgan fingerprint density at radius 3 is 2.38 bits per heavy atom. The number of nitrogens with one attached hydrogen (secondary N) is 2. The maximum Gasteiger partial charge on any atom is 0.505 e. The lowest BCUT2D eigenvalue weighted by molar-refractivity contribution is 0.0694. The summed E-state index contributed by atoms with van der Waals surface area (Å²) in [6, 6.07) is 4.45. The number of nitrogens with zero attached hydrogens (tertiary/aromatic N) is 1. The Morgan fingerprint density at radius 1 is 1.27 bits per heavy atom. The van der Waals surface area contributed by atoms with Crippen molar-refractivity contribution < 1.29 is 27.7 Å². The molecule has 2 aromatic rings. The van der Waals surface area contributed by atoms with Gasteiger partial charge in [-0.25, -0.2) is 23.8 Å². The zero-order valence-electron chi connectivity index (χ0n) is 13.4. The fourth-order valence-electron chi connectivity index (χ4n) is 1.77. The normalized spacial score (nSPS) is 10.9. The van der Waals surface area contributed by atoms with E-state index in [0.29, 0.717) is 5.69 Å². The third kappa shape index (κ3) is 6.83. The van der Waals surface area contributed by atoms with Crippen molar-refractivity contribution in [2.24, 2.45) is 5.73 Å². The summed E-state index contributed by atoms with van der Waals surface area (Å²) in [6.45, 7) is 1.66. The molecule has 8 nitrogen and oxygen atoms in total. The Morgan fingerprint density at radius 2 is 1.88 bits per heavy atom. The maximum absolute atomic E-state index is 12.2. The summed E-state index contributed by atoms with van der Waals surface area (Å²) in [7, 11) is 0. The van der Waals surface area contributed by atoms with Crippen LogP contribution in [0, 0.1) is 11.6 Å². The molecule has 1 aromatic heterocycles. The van der Waals surface area contributed by atoms with Crippen molar-refractivity contribution in [2.75, 3.05) is 0 Å². The van der Waals surface area contributed by atoms with Crippen LogP contribution in [0.2, 0.25) is 0 Å². The van der Waals surface area contributed by atoms with Crippen LogP contribution >= 0.6 is 0 Å². The molecule has 2 rings (SSSR count). The molecule has 138 valence electrons. The van der Waals surface area contributed by atoms with Crippen molar-refractivity contribution in [1.82, 2.24) is 15.8 Å². The van der Waals surface area contributed by atoms with Gasteiger partial charge in [0.15, 0.2) is 0 Å². The first-order chi connectivity index (χ1) is 12.2. The number of carbonyl (C=O) groups excluding carboxylic acids is 1. The molecule has 0 aliphatic heterocycles. The second kappa shape index (κ2) is 10.1. The van der Waals surface area contributed by atoms with Gasteiger partial charge in [-0.2, -0.15) is 0 Å². The Bertz CT molecular complexity index is 787. The third-order valence-corrected chi connectivity index (χ3v) is 3.25. The van der Waals surface area contributed by atoms with Crippen molar-refractivity contribution in [2.45, 2.75) is 17.9 Å². The minimum atomic E-state index is -1.07. The number of hydrazine groups is 1. The van der Waals surface area contributed by atoms with Gasteiger partial charge in [-0.1, -0.05) is 0 Å². The van der Waals surface area contributed by atoms with E-state index in [2.05, 4.69) is 15.8 Å². The molecular formula is C15H15F2N4O4S+. The molecule has 0 radical (unpaired) electrons. The van der Waals surface area contributed by atoms with Crippen molar-refractivity contribution in [3.05, 3.63) is 59.4 Å². The largest absolute Gasteiger partial charge is 0.505 e. The standard InChI is InChI=1S/C9H12N4O3.C6H3F2OS/c1-5(12-13-9(10)16)7-6(8(14)15)3-2-4-11-7;7-4-1-5(8)3-6(2-4)10-9/h2-5,12H,1H3,(H,14,15)(H3,10,13,16);1-3H/q;+1. The summed E-state index contributed by atoms with van der Waals surface area (Å²) in [6.07, 6.45) is 1.48. The van der Waals surface area contributed by atoms with E-state index in [1.54, 1.807) is 6.92 Å².